The summed E-state index contributed by atoms with van der Waals surface area (Å²) in [6.07, 6.45) is 5.42. The molecule has 0 aromatic carbocycles. The Morgan fingerprint density at radius 2 is 2.44 bits per heavy atom. The molecule has 1 aliphatic heterocycles. The van der Waals surface area contributed by atoms with Crippen LogP contribution in [0.3, 0.4) is 0 Å². The molecule has 0 spiro atoms. The second-order valence-corrected chi connectivity index (χ2v) is 6.78. The van der Waals surface area contributed by atoms with Crippen molar-refractivity contribution in [3.05, 3.63) is 16.1 Å². The predicted octanol–water partition coefficient (Wildman–Crippen LogP) is 2.80. The average molecular weight is 261 g/mol. The van der Waals surface area contributed by atoms with Crippen LogP contribution < -0.4 is 0 Å². The largest absolute Gasteiger partial charge is 0.306 e. The molecule has 0 amide bonds. The van der Waals surface area contributed by atoms with Gasteiger partial charge in [0.25, 0.3) is 0 Å². The first-order chi connectivity index (χ1) is 8.71. The van der Waals surface area contributed by atoms with Crippen molar-refractivity contribution in [3.63, 3.8) is 0 Å². The number of rotatable bonds is 3. The minimum Gasteiger partial charge on any atom is -0.306 e. The van der Waals surface area contributed by atoms with Gasteiger partial charge < -0.3 is 4.90 Å². The first kappa shape index (κ1) is 12.1. The summed E-state index contributed by atoms with van der Waals surface area (Å²) < 4.78 is 0. The summed E-state index contributed by atoms with van der Waals surface area (Å²) in [7, 11) is 2.17. The van der Waals surface area contributed by atoms with Crippen LogP contribution in [0.1, 0.15) is 42.3 Å². The molecule has 4 heteroatoms. The number of hydrogen-bond acceptors (Lipinski definition) is 4. The van der Waals surface area contributed by atoms with E-state index in [4.69, 9.17) is 4.98 Å². The number of aromatic nitrogens is 1. The molecule has 0 N–H and O–H groups in total. The van der Waals surface area contributed by atoms with Gasteiger partial charge in [0, 0.05) is 24.3 Å². The molecule has 1 unspecified atom stereocenters. The quantitative estimate of drug-likeness (QED) is 0.840. The molecule has 1 saturated heterocycles. The van der Waals surface area contributed by atoms with E-state index in [1.54, 1.807) is 11.3 Å². The highest BCUT2D eigenvalue weighted by atomic mass is 32.1. The van der Waals surface area contributed by atoms with E-state index in [9.17, 15) is 5.26 Å². The zero-order chi connectivity index (χ0) is 12.6. The van der Waals surface area contributed by atoms with Gasteiger partial charge in [-0.05, 0) is 32.9 Å². The van der Waals surface area contributed by atoms with E-state index in [1.807, 2.05) is 0 Å². The van der Waals surface area contributed by atoms with E-state index in [0.29, 0.717) is 5.92 Å². The highest BCUT2D eigenvalue weighted by molar-refractivity contribution is 7.09. The van der Waals surface area contributed by atoms with Crippen LogP contribution >= 0.6 is 11.3 Å². The molecule has 18 heavy (non-hydrogen) atoms. The minimum atomic E-state index is -0.0818. The Morgan fingerprint density at radius 1 is 1.61 bits per heavy atom. The zero-order valence-corrected chi connectivity index (χ0v) is 11.7. The van der Waals surface area contributed by atoms with Crippen molar-refractivity contribution in [2.45, 2.75) is 38.0 Å². The third-order valence-electron chi connectivity index (χ3n) is 4.42. The van der Waals surface area contributed by atoms with Gasteiger partial charge in [0.05, 0.1) is 22.2 Å². The molecular weight excluding hydrogens is 242 g/mol. The van der Waals surface area contributed by atoms with Crippen LogP contribution in [0.4, 0.5) is 0 Å². The van der Waals surface area contributed by atoms with Gasteiger partial charge in [0.15, 0.2) is 0 Å². The molecule has 0 radical (unpaired) electrons. The molecule has 1 aromatic heterocycles. The Balaban J connectivity index is 1.68. The zero-order valence-electron chi connectivity index (χ0n) is 10.9. The highest BCUT2D eigenvalue weighted by Gasteiger charge is 2.38. The molecule has 1 saturated carbocycles. The van der Waals surface area contributed by atoms with Crippen LogP contribution in [0.15, 0.2) is 5.38 Å². The van der Waals surface area contributed by atoms with Crippen LogP contribution in [0, 0.1) is 16.7 Å². The Hall–Kier alpha value is -0.920. The predicted molar refractivity (Wildman–Crippen MR) is 72.6 cm³/mol. The number of nitriles is 1. The van der Waals surface area contributed by atoms with Gasteiger partial charge in [-0.3, -0.25) is 0 Å². The third-order valence-corrected chi connectivity index (χ3v) is 5.28. The van der Waals surface area contributed by atoms with E-state index in [2.05, 4.69) is 23.4 Å². The first-order valence-corrected chi connectivity index (χ1v) is 7.63. The molecule has 1 aromatic rings. The van der Waals surface area contributed by atoms with Gasteiger partial charge in [-0.15, -0.1) is 11.3 Å². The van der Waals surface area contributed by atoms with Gasteiger partial charge in [-0.1, -0.05) is 6.42 Å². The van der Waals surface area contributed by atoms with Crippen LogP contribution in [0.25, 0.3) is 0 Å². The molecular formula is C14H19N3S. The molecule has 0 bridgehead atoms. The molecule has 1 atom stereocenters. The lowest BCUT2D eigenvalue weighted by atomic mass is 9.68. The molecule has 3 rings (SSSR count). The number of hydrogen-bond donors (Lipinski definition) is 0. The fourth-order valence-corrected chi connectivity index (χ4v) is 4.01. The van der Waals surface area contributed by atoms with Crippen LogP contribution in [0.5, 0.6) is 0 Å². The van der Waals surface area contributed by atoms with Crippen molar-refractivity contribution in [1.82, 2.24) is 9.88 Å². The minimum absolute atomic E-state index is 0.0818. The number of nitrogens with zero attached hydrogens (tertiary/aromatic N) is 3. The summed E-state index contributed by atoms with van der Waals surface area (Å²) in [6.45, 7) is 2.31. The van der Waals surface area contributed by atoms with Crippen LogP contribution in [0.2, 0.25) is 0 Å². The average Bonchev–Trinajstić information content (AvgIpc) is 2.92. The SMILES string of the molecule is CN1CCC(c2csc(CC3(C#N)CCC3)n2)C1. The molecule has 2 fully saturated rings. The number of likely N-dealkylation sites (N-methyl/N-ethyl adjacent to an activating group) is 1. The van der Waals surface area contributed by atoms with Crippen molar-refractivity contribution in [2.24, 2.45) is 5.41 Å². The van der Waals surface area contributed by atoms with E-state index in [1.165, 1.54) is 30.1 Å². The smallest absolute Gasteiger partial charge is 0.0944 e. The van der Waals surface area contributed by atoms with Gasteiger partial charge in [0.2, 0.25) is 0 Å². The van der Waals surface area contributed by atoms with Gasteiger partial charge in [-0.25, -0.2) is 4.98 Å². The monoisotopic (exact) mass is 261 g/mol. The Morgan fingerprint density at radius 3 is 3.00 bits per heavy atom. The van der Waals surface area contributed by atoms with E-state index in [0.717, 1.165) is 25.8 Å². The molecule has 96 valence electrons. The van der Waals surface area contributed by atoms with Crippen molar-refractivity contribution in [1.29, 1.82) is 5.26 Å². The fourth-order valence-electron chi connectivity index (χ4n) is 2.99. The summed E-state index contributed by atoms with van der Waals surface area (Å²) in [5.74, 6) is 0.611. The Kier molecular flexibility index (Phi) is 3.13. The van der Waals surface area contributed by atoms with Gasteiger partial charge in [0.1, 0.15) is 0 Å². The fraction of sp³-hybridized carbons (Fsp3) is 0.714. The van der Waals surface area contributed by atoms with E-state index in [-0.39, 0.29) is 5.41 Å². The first-order valence-electron chi connectivity index (χ1n) is 6.75. The normalized spacial score (nSPS) is 26.8. The lowest BCUT2D eigenvalue weighted by molar-refractivity contribution is 0.214. The van der Waals surface area contributed by atoms with Gasteiger partial charge in [-0.2, -0.15) is 5.26 Å². The van der Waals surface area contributed by atoms with E-state index < -0.39 is 0 Å². The Labute approximate surface area is 112 Å². The molecule has 2 aliphatic rings. The maximum atomic E-state index is 9.27. The lowest BCUT2D eigenvalue weighted by Crippen LogP contribution is -2.29. The topological polar surface area (TPSA) is 39.9 Å². The summed E-state index contributed by atoms with van der Waals surface area (Å²) in [5, 5.41) is 12.6. The number of likely N-dealkylation sites (tertiary alicyclic amines) is 1. The van der Waals surface area contributed by atoms with Crippen molar-refractivity contribution < 1.29 is 0 Å². The van der Waals surface area contributed by atoms with Gasteiger partial charge >= 0.3 is 0 Å². The van der Waals surface area contributed by atoms with Crippen molar-refractivity contribution in [2.75, 3.05) is 20.1 Å². The molecule has 2 heterocycles. The van der Waals surface area contributed by atoms with Crippen molar-refractivity contribution in [3.8, 4) is 6.07 Å². The van der Waals surface area contributed by atoms with Crippen molar-refractivity contribution >= 4 is 11.3 Å². The standard InChI is InChI=1S/C14H19N3S/c1-17-6-3-11(8-17)12-9-18-13(16-12)7-14(10-15)4-2-5-14/h9,11H,2-8H2,1H3. The lowest BCUT2D eigenvalue weighted by Gasteiger charge is -2.34. The maximum Gasteiger partial charge on any atom is 0.0944 e. The highest BCUT2D eigenvalue weighted by Crippen LogP contribution is 2.43. The molecule has 3 nitrogen and oxygen atoms in total. The Bertz CT molecular complexity index is 470. The summed E-state index contributed by atoms with van der Waals surface area (Å²) in [5.41, 5.74) is 1.17. The third kappa shape index (κ3) is 2.17. The summed E-state index contributed by atoms with van der Waals surface area (Å²) >= 11 is 1.75. The van der Waals surface area contributed by atoms with Crippen LogP contribution in [-0.2, 0) is 6.42 Å². The molecule has 1 aliphatic carbocycles. The van der Waals surface area contributed by atoms with E-state index >= 15 is 0 Å². The second kappa shape index (κ2) is 4.64. The summed E-state index contributed by atoms with van der Waals surface area (Å²) in [4.78, 5) is 7.15. The summed E-state index contributed by atoms with van der Waals surface area (Å²) in [6, 6.07) is 2.51. The van der Waals surface area contributed by atoms with Crippen LogP contribution in [-0.4, -0.2) is 30.0 Å². The number of thiazole rings is 1. The second-order valence-electron chi connectivity index (χ2n) is 5.84. The maximum absolute atomic E-state index is 9.27.